The van der Waals surface area contributed by atoms with Crippen LogP contribution in [0.3, 0.4) is 0 Å². The van der Waals surface area contributed by atoms with Gasteiger partial charge in [-0.3, -0.25) is 0 Å². The molecule has 0 unspecified atom stereocenters. The number of thiol groups is 1. The highest BCUT2D eigenvalue weighted by atomic mass is 79.9. The van der Waals surface area contributed by atoms with Crippen molar-refractivity contribution in [2.75, 3.05) is 11.1 Å². The fourth-order valence-corrected chi connectivity index (χ4v) is 3.12. The first-order valence-corrected chi connectivity index (χ1v) is 10.3. The Morgan fingerprint density at radius 2 is 0.684 bits per heavy atom. The minimum absolute atomic E-state index is 1.07. The lowest BCUT2D eigenvalue weighted by Crippen LogP contribution is -1.84. The molecule has 0 saturated carbocycles. The highest BCUT2D eigenvalue weighted by molar-refractivity contribution is 9.09. The number of hydrogen-bond acceptors (Lipinski definition) is 1. The van der Waals surface area contributed by atoms with Crippen LogP contribution in [0.1, 0.15) is 96.3 Å². The van der Waals surface area contributed by atoms with E-state index in [1.165, 1.54) is 102 Å². The van der Waals surface area contributed by atoms with Crippen LogP contribution >= 0.6 is 28.6 Å². The van der Waals surface area contributed by atoms with Crippen molar-refractivity contribution in [1.82, 2.24) is 0 Å². The second-order valence-electron chi connectivity index (χ2n) is 5.72. The standard InChI is InChI=1S/C17H35BrS/c18-16-14-12-10-8-6-4-2-1-3-5-7-9-11-13-15-17-19/h19H,1-17H2. The second-order valence-corrected chi connectivity index (χ2v) is 6.96. The maximum Gasteiger partial charge on any atom is 0.00313 e. The molecule has 2 heteroatoms. The van der Waals surface area contributed by atoms with Gasteiger partial charge in [-0.2, -0.15) is 12.6 Å². The van der Waals surface area contributed by atoms with E-state index in [9.17, 15) is 0 Å². The van der Waals surface area contributed by atoms with Gasteiger partial charge in [-0.1, -0.05) is 99.4 Å². The summed E-state index contributed by atoms with van der Waals surface area (Å²) < 4.78 is 0. The molecule has 0 atom stereocenters. The molecule has 0 bridgehead atoms. The van der Waals surface area contributed by atoms with E-state index in [2.05, 4.69) is 28.6 Å². The Labute approximate surface area is 136 Å². The van der Waals surface area contributed by atoms with Gasteiger partial charge >= 0.3 is 0 Å². The summed E-state index contributed by atoms with van der Waals surface area (Å²) >= 11 is 7.73. The van der Waals surface area contributed by atoms with Gasteiger partial charge in [-0.15, -0.1) is 0 Å². The molecule has 0 aromatic carbocycles. The Morgan fingerprint density at radius 1 is 0.421 bits per heavy atom. The van der Waals surface area contributed by atoms with E-state index >= 15 is 0 Å². The van der Waals surface area contributed by atoms with Crippen LogP contribution in [0.2, 0.25) is 0 Å². The van der Waals surface area contributed by atoms with Crippen LogP contribution in [0.25, 0.3) is 0 Å². The van der Waals surface area contributed by atoms with Crippen LogP contribution in [-0.2, 0) is 0 Å². The highest BCUT2D eigenvalue weighted by Crippen LogP contribution is 2.13. The number of hydrogen-bond donors (Lipinski definition) is 1. The topological polar surface area (TPSA) is 0 Å². The number of alkyl halides is 1. The molecule has 0 aromatic rings. The minimum atomic E-state index is 1.07. The summed E-state index contributed by atoms with van der Waals surface area (Å²) in [4.78, 5) is 0. The molecule has 116 valence electrons. The van der Waals surface area contributed by atoms with Gasteiger partial charge in [-0.05, 0) is 18.6 Å². The summed E-state index contributed by atoms with van der Waals surface area (Å²) in [6, 6.07) is 0. The minimum Gasteiger partial charge on any atom is -0.179 e. The van der Waals surface area contributed by atoms with Gasteiger partial charge in [0.15, 0.2) is 0 Å². The van der Waals surface area contributed by atoms with Crippen LogP contribution in [0.4, 0.5) is 0 Å². The number of rotatable bonds is 16. The zero-order chi connectivity index (χ0) is 14.0. The van der Waals surface area contributed by atoms with E-state index in [4.69, 9.17) is 0 Å². The molecule has 0 aliphatic rings. The first-order chi connectivity index (χ1) is 9.41. The average Bonchev–Trinajstić information content (AvgIpc) is 2.43. The van der Waals surface area contributed by atoms with Crippen LogP contribution in [0.5, 0.6) is 0 Å². The molecule has 0 radical (unpaired) electrons. The predicted molar refractivity (Wildman–Crippen MR) is 96.9 cm³/mol. The molecule has 0 fully saturated rings. The van der Waals surface area contributed by atoms with Crippen molar-refractivity contribution in [3.63, 3.8) is 0 Å². The van der Waals surface area contributed by atoms with Crippen molar-refractivity contribution in [1.29, 1.82) is 0 Å². The third-order valence-corrected chi connectivity index (χ3v) is 4.67. The molecule has 0 heterocycles. The van der Waals surface area contributed by atoms with Crippen molar-refractivity contribution in [3.05, 3.63) is 0 Å². The maximum atomic E-state index is 4.24. The second kappa shape index (κ2) is 18.8. The molecular weight excluding hydrogens is 316 g/mol. The molecule has 0 spiro atoms. The van der Waals surface area contributed by atoms with Crippen LogP contribution < -0.4 is 0 Å². The summed E-state index contributed by atoms with van der Waals surface area (Å²) in [5, 5.41) is 1.18. The third-order valence-electron chi connectivity index (χ3n) is 3.79. The van der Waals surface area contributed by atoms with E-state index in [1.54, 1.807) is 0 Å². The Kier molecular flexibility index (Phi) is 19.7. The van der Waals surface area contributed by atoms with Crippen molar-refractivity contribution in [3.8, 4) is 0 Å². The van der Waals surface area contributed by atoms with E-state index < -0.39 is 0 Å². The Morgan fingerprint density at radius 3 is 0.947 bits per heavy atom. The fraction of sp³-hybridized carbons (Fsp3) is 1.00. The average molecular weight is 351 g/mol. The Balaban J connectivity index is 2.88. The summed E-state index contributed by atoms with van der Waals surface area (Å²) in [6.45, 7) is 0. The van der Waals surface area contributed by atoms with E-state index in [-0.39, 0.29) is 0 Å². The van der Waals surface area contributed by atoms with Crippen LogP contribution in [0, 0.1) is 0 Å². The molecule has 0 N–H and O–H groups in total. The molecule has 0 rings (SSSR count). The van der Waals surface area contributed by atoms with Gasteiger partial charge < -0.3 is 0 Å². The molecule has 0 aromatic heterocycles. The summed E-state index contributed by atoms with van der Waals surface area (Å²) in [7, 11) is 0. The Hall–Kier alpha value is 0.830. The first-order valence-electron chi connectivity index (χ1n) is 8.58. The molecule has 0 aliphatic heterocycles. The van der Waals surface area contributed by atoms with Gasteiger partial charge in [0, 0.05) is 5.33 Å². The summed E-state index contributed by atoms with van der Waals surface area (Å²) in [5.41, 5.74) is 0. The zero-order valence-corrected chi connectivity index (χ0v) is 15.3. The molecule has 19 heavy (non-hydrogen) atoms. The summed E-state index contributed by atoms with van der Waals surface area (Å²) in [6.07, 6.45) is 21.5. The largest absolute Gasteiger partial charge is 0.179 e. The van der Waals surface area contributed by atoms with Crippen molar-refractivity contribution in [2.24, 2.45) is 0 Å². The van der Waals surface area contributed by atoms with E-state index in [1.807, 2.05) is 0 Å². The zero-order valence-electron chi connectivity index (χ0n) is 12.8. The van der Waals surface area contributed by atoms with Crippen LogP contribution in [-0.4, -0.2) is 11.1 Å². The molecule has 0 saturated heterocycles. The predicted octanol–water partition coefficient (Wildman–Crippen LogP) is 7.16. The van der Waals surface area contributed by atoms with Crippen molar-refractivity contribution >= 4 is 28.6 Å². The van der Waals surface area contributed by atoms with E-state index in [0.717, 1.165) is 5.75 Å². The Bertz CT molecular complexity index is 134. The monoisotopic (exact) mass is 350 g/mol. The highest BCUT2D eigenvalue weighted by Gasteiger charge is 1.94. The lowest BCUT2D eigenvalue weighted by atomic mass is 10.0. The summed E-state index contributed by atoms with van der Waals surface area (Å²) in [5.74, 6) is 1.07. The van der Waals surface area contributed by atoms with Gasteiger partial charge in [0.2, 0.25) is 0 Å². The third kappa shape index (κ3) is 18.8. The van der Waals surface area contributed by atoms with Crippen LogP contribution in [0.15, 0.2) is 0 Å². The maximum absolute atomic E-state index is 4.24. The first kappa shape index (κ1) is 19.8. The normalized spacial score (nSPS) is 11.1. The van der Waals surface area contributed by atoms with Gasteiger partial charge in [0.05, 0.1) is 0 Å². The lowest BCUT2D eigenvalue weighted by Gasteiger charge is -2.03. The van der Waals surface area contributed by atoms with Crippen molar-refractivity contribution in [2.45, 2.75) is 96.3 Å². The SMILES string of the molecule is SCCCCCCCCCCCCCCCCCBr. The fourth-order valence-electron chi connectivity index (χ4n) is 2.50. The molecular formula is C17H35BrS. The smallest absolute Gasteiger partial charge is 0.00313 e. The van der Waals surface area contributed by atoms with E-state index in [0.29, 0.717) is 0 Å². The quantitative estimate of drug-likeness (QED) is 0.170. The van der Waals surface area contributed by atoms with Gasteiger partial charge in [-0.25, -0.2) is 0 Å². The molecule has 0 amide bonds. The lowest BCUT2D eigenvalue weighted by molar-refractivity contribution is 0.535. The molecule has 0 aliphatic carbocycles. The molecule has 0 nitrogen and oxygen atoms in total. The van der Waals surface area contributed by atoms with Gasteiger partial charge in [0.1, 0.15) is 0 Å². The van der Waals surface area contributed by atoms with Gasteiger partial charge in [0.25, 0.3) is 0 Å². The number of halogens is 1. The van der Waals surface area contributed by atoms with Crippen molar-refractivity contribution < 1.29 is 0 Å². The number of unbranched alkanes of at least 4 members (excludes halogenated alkanes) is 14.